The number of hydrogen-bond donors (Lipinski definition) is 4. The molecule has 0 amide bonds. The molecule has 12 heteroatoms. The Balaban J connectivity index is 3.37. The molecule has 0 aliphatic carbocycles. The van der Waals surface area contributed by atoms with Gasteiger partial charge in [0.1, 0.15) is 0 Å². The van der Waals surface area contributed by atoms with E-state index in [1.165, 1.54) is 24.3 Å². The summed E-state index contributed by atoms with van der Waals surface area (Å²) in [6.45, 7) is -2.62. The highest BCUT2D eigenvalue weighted by atomic mass is 32.1. The van der Waals surface area contributed by atoms with E-state index >= 15 is 0 Å². The lowest BCUT2D eigenvalue weighted by atomic mass is 9.97. The Morgan fingerprint density at radius 1 is 0.897 bits per heavy atom. The summed E-state index contributed by atoms with van der Waals surface area (Å²) in [5, 5.41) is 39.1. The number of thiocarbonyl (C=S) groups is 1. The van der Waals surface area contributed by atoms with Crippen LogP contribution in [0, 0.1) is 0 Å². The molecular formula is C17H19N3O8S. The van der Waals surface area contributed by atoms with E-state index in [9.17, 15) is 29.4 Å². The number of aliphatic carboxylic acids is 4. The number of isothiocyanates is 1. The van der Waals surface area contributed by atoms with Crippen molar-refractivity contribution in [2.45, 2.75) is 5.66 Å². The molecule has 0 aliphatic rings. The first-order valence-electron chi connectivity index (χ1n) is 8.14. The van der Waals surface area contributed by atoms with Gasteiger partial charge in [0.15, 0.2) is 0 Å². The molecule has 0 saturated heterocycles. The largest absolute Gasteiger partial charge is 0.480 e. The summed E-state index contributed by atoms with van der Waals surface area (Å²) in [6, 6.07) is 7.54. The Morgan fingerprint density at radius 2 is 1.41 bits per heavy atom. The molecule has 0 bridgehead atoms. The highest BCUT2D eigenvalue weighted by Crippen LogP contribution is 2.30. The van der Waals surface area contributed by atoms with Crippen LogP contribution in [0.5, 0.6) is 0 Å². The molecule has 1 unspecified atom stereocenters. The van der Waals surface area contributed by atoms with Crippen LogP contribution in [0.1, 0.15) is 5.56 Å². The molecule has 0 fully saturated rings. The van der Waals surface area contributed by atoms with Crippen molar-refractivity contribution in [3.63, 3.8) is 0 Å². The van der Waals surface area contributed by atoms with Crippen LogP contribution < -0.4 is 0 Å². The number of aliphatic imine (C=N–C) groups is 1. The SMILES string of the molecule is O=C(O)CN(CCN(CC(=O)O)C(N=C=S)(C(=O)O)c1ccccc1)CC(=O)O. The molecule has 11 nitrogen and oxygen atoms in total. The summed E-state index contributed by atoms with van der Waals surface area (Å²) in [4.78, 5) is 51.3. The lowest BCUT2D eigenvalue weighted by molar-refractivity contribution is -0.156. The fraction of sp³-hybridized carbons (Fsp3) is 0.353. The summed E-state index contributed by atoms with van der Waals surface area (Å²) in [7, 11) is 0. The van der Waals surface area contributed by atoms with Crippen LogP contribution in [0.15, 0.2) is 35.3 Å². The van der Waals surface area contributed by atoms with Crippen LogP contribution in [-0.4, -0.2) is 92.0 Å². The number of carboxylic acids is 4. The van der Waals surface area contributed by atoms with Crippen molar-refractivity contribution in [2.24, 2.45) is 4.99 Å². The van der Waals surface area contributed by atoms with E-state index in [4.69, 9.17) is 10.2 Å². The number of rotatable bonds is 13. The predicted molar refractivity (Wildman–Crippen MR) is 102 cm³/mol. The number of hydrogen-bond acceptors (Lipinski definition) is 8. The summed E-state index contributed by atoms with van der Waals surface area (Å²) >= 11 is 4.58. The van der Waals surface area contributed by atoms with E-state index < -0.39 is 49.2 Å². The first kappa shape index (κ1) is 23.9. The molecule has 0 radical (unpaired) electrons. The fourth-order valence-corrected chi connectivity index (χ4v) is 2.87. The third-order valence-corrected chi connectivity index (χ3v) is 3.96. The van der Waals surface area contributed by atoms with E-state index in [-0.39, 0.29) is 18.7 Å². The van der Waals surface area contributed by atoms with Crippen LogP contribution in [0.25, 0.3) is 0 Å². The lowest BCUT2D eigenvalue weighted by Crippen LogP contribution is -2.55. The van der Waals surface area contributed by atoms with Gasteiger partial charge < -0.3 is 20.4 Å². The predicted octanol–water partition coefficient (Wildman–Crippen LogP) is -0.115. The van der Waals surface area contributed by atoms with Crippen molar-refractivity contribution in [1.82, 2.24) is 9.80 Å². The molecule has 1 atom stereocenters. The fourth-order valence-electron chi connectivity index (χ4n) is 2.74. The first-order chi connectivity index (χ1) is 13.6. The Morgan fingerprint density at radius 3 is 1.83 bits per heavy atom. The van der Waals surface area contributed by atoms with Crippen molar-refractivity contribution in [2.75, 3.05) is 32.7 Å². The van der Waals surface area contributed by atoms with Crippen molar-refractivity contribution < 1.29 is 39.6 Å². The maximum Gasteiger partial charge on any atom is 0.352 e. The summed E-state index contributed by atoms with van der Waals surface area (Å²) in [6.07, 6.45) is 0. The Labute approximate surface area is 170 Å². The van der Waals surface area contributed by atoms with Gasteiger partial charge in [-0.15, -0.1) is 0 Å². The minimum absolute atomic E-state index is 0.106. The Kier molecular flexibility index (Phi) is 9.03. The normalized spacial score (nSPS) is 12.8. The molecule has 0 spiro atoms. The van der Waals surface area contributed by atoms with Crippen LogP contribution in [-0.2, 0) is 24.8 Å². The van der Waals surface area contributed by atoms with Gasteiger partial charge in [0.25, 0.3) is 0 Å². The minimum atomic E-state index is -2.24. The molecule has 1 aromatic rings. The zero-order valence-corrected chi connectivity index (χ0v) is 15.9. The lowest BCUT2D eigenvalue weighted by Gasteiger charge is -2.37. The van der Waals surface area contributed by atoms with Gasteiger partial charge in [0, 0.05) is 18.7 Å². The van der Waals surface area contributed by atoms with Gasteiger partial charge >= 0.3 is 23.9 Å². The first-order valence-corrected chi connectivity index (χ1v) is 8.55. The van der Waals surface area contributed by atoms with Crippen LogP contribution in [0.3, 0.4) is 0 Å². The summed E-state index contributed by atoms with van der Waals surface area (Å²) in [5.74, 6) is -5.47. The number of nitrogens with zero attached hydrogens (tertiary/aromatic N) is 3. The van der Waals surface area contributed by atoms with Gasteiger partial charge in [-0.25, -0.2) is 4.79 Å². The number of benzene rings is 1. The molecule has 0 saturated carbocycles. The van der Waals surface area contributed by atoms with Crippen molar-refractivity contribution in [1.29, 1.82) is 0 Å². The van der Waals surface area contributed by atoms with E-state index in [0.29, 0.717) is 0 Å². The number of carboxylic acid groups (broad SMARTS) is 4. The number of carbonyl (C=O) groups is 4. The molecule has 156 valence electrons. The van der Waals surface area contributed by atoms with Gasteiger partial charge in [-0.3, -0.25) is 24.2 Å². The molecular weight excluding hydrogens is 406 g/mol. The van der Waals surface area contributed by atoms with E-state index in [1.807, 2.05) is 5.16 Å². The van der Waals surface area contributed by atoms with E-state index in [1.54, 1.807) is 6.07 Å². The molecule has 29 heavy (non-hydrogen) atoms. The maximum absolute atomic E-state index is 12.2. The zero-order valence-electron chi connectivity index (χ0n) is 15.1. The summed E-state index contributed by atoms with van der Waals surface area (Å²) in [5.41, 5.74) is -2.13. The molecule has 0 aromatic heterocycles. The van der Waals surface area contributed by atoms with Crippen molar-refractivity contribution in [3.05, 3.63) is 35.9 Å². The highest BCUT2D eigenvalue weighted by molar-refractivity contribution is 7.78. The van der Waals surface area contributed by atoms with Crippen LogP contribution in [0.2, 0.25) is 0 Å². The Bertz CT molecular complexity index is 792. The van der Waals surface area contributed by atoms with Crippen LogP contribution in [0.4, 0.5) is 0 Å². The van der Waals surface area contributed by atoms with Gasteiger partial charge in [-0.2, -0.15) is 4.99 Å². The second-order valence-electron chi connectivity index (χ2n) is 5.86. The van der Waals surface area contributed by atoms with E-state index in [0.717, 1.165) is 9.80 Å². The van der Waals surface area contributed by atoms with Crippen molar-refractivity contribution >= 4 is 41.3 Å². The maximum atomic E-state index is 12.2. The molecule has 0 aliphatic heterocycles. The smallest absolute Gasteiger partial charge is 0.352 e. The molecule has 4 N–H and O–H groups in total. The summed E-state index contributed by atoms with van der Waals surface area (Å²) < 4.78 is 0. The molecule has 1 rings (SSSR count). The Hall–Kier alpha value is -3.18. The second-order valence-corrected chi connectivity index (χ2v) is 6.04. The minimum Gasteiger partial charge on any atom is -0.480 e. The quantitative estimate of drug-likeness (QED) is 0.246. The zero-order chi connectivity index (χ0) is 22.0. The standard InChI is InChI=1S/C17H19N3O8S/c21-13(22)8-19(9-14(23)24)6-7-20(10-15(25)26)17(16(27)28,18-11-29)12-4-2-1-3-5-12/h1-5H,6-10H2,(H,21,22)(H,23,24)(H,25,26)(H,27,28). The topological polar surface area (TPSA) is 168 Å². The van der Waals surface area contributed by atoms with Crippen molar-refractivity contribution in [3.8, 4) is 0 Å². The monoisotopic (exact) mass is 425 g/mol. The average Bonchev–Trinajstić information content (AvgIpc) is 2.62. The third-order valence-electron chi connectivity index (χ3n) is 3.87. The van der Waals surface area contributed by atoms with Gasteiger partial charge in [0.05, 0.1) is 24.8 Å². The third kappa shape index (κ3) is 6.73. The average molecular weight is 425 g/mol. The van der Waals surface area contributed by atoms with Gasteiger partial charge in [-0.05, 0) is 12.2 Å². The van der Waals surface area contributed by atoms with Gasteiger partial charge in [-0.1, -0.05) is 30.3 Å². The van der Waals surface area contributed by atoms with E-state index in [2.05, 4.69) is 17.2 Å². The van der Waals surface area contributed by atoms with Gasteiger partial charge in [0.2, 0.25) is 5.66 Å². The second kappa shape index (κ2) is 11.0. The highest BCUT2D eigenvalue weighted by Gasteiger charge is 2.47. The molecule has 0 heterocycles. The molecule has 1 aromatic carbocycles. The van der Waals surface area contributed by atoms with Crippen LogP contribution >= 0.6 is 12.2 Å².